The average Bonchev–Trinajstić information content (AvgIpc) is 2.37. The van der Waals surface area contributed by atoms with Crippen LogP contribution in [0, 0.1) is 3.57 Å². The van der Waals surface area contributed by atoms with Crippen LogP contribution in [0.2, 0.25) is 0 Å². The van der Waals surface area contributed by atoms with E-state index in [4.69, 9.17) is 9.84 Å². The zero-order valence-electron chi connectivity index (χ0n) is 9.27. The lowest BCUT2D eigenvalue weighted by Gasteiger charge is -2.08. The number of rotatable bonds is 4. The van der Waals surface area contributed by atoms with Crippen molar-refractivity contribution in [3.05, 3.63) is 63.2 Å². The zero-order valence-corrected chi connectivity index (χ0v) is 11.4. The zero-order chi connectivity index (χ0) is 12.1. The van der Waals surface area contributed by atoms with Crippen LogP contribution in [0.5, 0.6) is 5.75 Å². The molecule has 0 amide bonds. The minimum atomic E-state index is 0.0402. The second kappa shape index (κ2) is 6.02. The SMILES string of the molecule is OCc1cc(I)cc(OCc2ccccc2)c1. The maximum Gasteiger partial charge on any atom is 0.121 e. The van der Waals surface area contributed by atoms with Gasteiger partial charge in [0.2, 0.25) is 0 Å². The summed E-state index contributed by atoms with van der Waals surface area (Å²) in [7, 11) is 0. The highest BCUT2D eigenvalue weighted by atomic mass is 127. The van der Waals surface area contributed by atoms with Gasteiger partial charge in [0.15, 0.2) is 0 Å². The number of ether oxygens (including phenoxy) is 1. The quantitative estimate of drug-likeness (QED) is 0.865. The Bertz CT molecular complexity index is 483. The molecule has 2 nitrogen and oxygen atoms in total. The van der Waals surface area contributed by atoms with Crippen LogP contribution >= 0.6 is 22.6 Å². The van der Waals surface area contributed by atoms with Gasteiger partial charge in [-0.3, -0.25) is 0 Å². The fraction of sp³-hybridized carbons (Fsp3) is 0.143. The molecule has 3 heteroatoms. The Hall–Kier alpha value is -1.07. The Kier molecular flexibility index (Phi) is 4.39. The van der Waals surface area contributed by atoms with Gasteiger partial charge in [-0.2, -0.15) is 0 Å². The lowest BCUT2D eigenvalue weighted by Crippen LogP contribution is -1.96. The first-order valence-corrected chi connectivity index (χ1v) is 6.43. The molecule has 2 aromatic rings. The highest BCUT2D eigenvalue weighted by Crippen LogP contribution is 2.20. The Morgan fingerprint density at radius 2 is 1.76 bits per heavy atom. The van der Waals surface area contributed by atoms with Gasteiger partial charge in [-0.05, 0) is 51.9 Å². The van der Waals surface area contributed by atoms with Crippen molar-refractivity contribution in [2.75, 3.05) is 0 Å². The molecule has 0 aromatic heterocycles. The Labute approximate surface area is 114 Å². The van der Waals surface area contributed by atoms with Crippen molar-refractivity contribution in [3.8, 4) is 5.75 Å². The van der Waals surface area contributed by atoms with Crippen LogP contribution in [-0.2, 0) is 13.2 Å². The van der Waals surface area contributed by atoms with Crippen LogP contribution in [0.25, 0.3) is 0 Å². The minimum Gasteiger partial charge on any atom is -0.489 e. The number of aliphatic hydroxyl groups is 1. The van der Waals surface area contributed by atoms with Crippen LogP contribution in [0.15, 0.2) is 48.5 Å². The molecular formula is C14H13IO2. The van der Waals surface area contributed by atoms with Crippen LogP contribution in [0.3, 0.4) is 0 Å². The third-order valence-corrected chi connectivity index (χ3v) is 2.98. The van der Waals surface area contributed by atoms with Gasteiger partial charge in [-0.15, -0.1) is 0 Å². The Morgan fingerprint density at radius 3 is 2.47 bits per heavy atom. The Balaban J connectivity index is 2.06. The summed E-state index contributed by atoms with van der Waals surface area (Å²) in [6.07, 6.45) is 0. The lowest BCUT2D eigenvalue weighted by molar-refractivity contribution is 0.278. The highest BCUT2D eigenvalue weighted by Gasteiger charge is 2.00. The molecule has 0 atom stereocenters. The normalized spacial score (nSPS) is 10.2. The van der Waals surface area contributed by atoms with E-state index in [9.17, 15) is 0 Å². The highest BCUT2D eigenvalue weighted by molar-refractivity contribution is 14.1. The predicted octanol–water partition coefficient (Wildman–Crippen LogP) is 3.36. The molecule has 2 aromatic carbocycles. The molecule has 17 heavy (non-hydrogen) atoms. The third-order valence-electron chi connectivity index (χ3n) is 2.36. The predicted molar refractivity (Wildman–Crippen MR) is 75.9 cm³/mol. The molecule has 0 saturated heterocycles. The Morgan fingerprint density at radius 1 is 1.00 bits per heavy atom. The van der Waals surface area contributed by atoms with Crippen molar-refractivity contribution >= 4 is 22.6 Å². The fourth-order valence-corrected chi connectivity index (χ4v) is 2.24. The first-order valence-electron chi connectivity index (χ1n) is 5.35. The summed E-state index contributed by atoms with van der Waals surface area (Å²) in [6.45, 7) is 0.588. The molecule has 0 fully saturated rings. The van der Waals surface area contributed by atoms with E-state index < -0.39 is 0 Å². The van der Waals surface area contributed by atoms with E-state index in [0.29, 0.717) is 6.61 Å². The van der Waals surface area contributed by atoms with E-state index in [-0.39, 0.29) is 6.61 Å². The summed E-state index contributed by atoms with van der Waals surface area (Å²) >= 11 is 2.22. The molecule has 1 N–H and O–H groups in total. The van der Waals surface area contributed by atoms with E-state index in [1.165, 1.54) is 0 Å². The number of hydrogen-bond donors (Lipinski definition) is 1. The van der Waals surface area contributed by atoms with Gasteiger partial charge in [0.05, 0.1) is 6.61 Å². The van der Waals surface area contributed by atoms with E-state index in [0.717, 1.165) is 20.4 Å². The first kappa shape index (κ1) is 12.4. The average molecular weight is 340 g/mol. The van der Waals surface area contributed by atoms with Crippen molar-refractivity contribution in [2.45, 2.75) is 13.2 Å². The van der Waals surface area contributed by atoms with Crippen molar-refractivity contribution in [3.63, 3.8) is 0 Å². The summed E-state index contributed by atoms with van der Waals surface area (Å²) in [4.78, 5) is 0. The number of aliphatic hydroxyl groups excluding tert-OH is 1. The first-order chi connectivity index (χ1) is 8.28. The summed E-state index contributed by atoms with van der Waals surface area (Å²) in [5.41, 5.74) is 2.01. The fourth-order valence-electron chi connectivity index (χ4n) is 1.54. The van der Waals surface area contributed by atoms with Crippen LogP contribution < -0.4 is 4.74 Å². The van der Waals surface area contributed by atoms with Gasteiger partial charge in [0.25, 0.3) is 0 Å². The monoisotopic (exact) mass is 340 g/mol. The van der Waals surface area contributed by atoms with E-state index >= 15 is 0 Å². The molecule has 0 spiro atoms. The van der Waals surface area contributed by atoms with Gasteiger partial charge in [-0.1, -0.05) is 30.3 Å². The number of hydrogen-bond acceptors (Lipinski definition) is 2. The molecule has 0 unspecified atom stereocenters. The molecule has 0 aliphatic carbocycles. The van der Waals surface area contributed by atoms with Gasteiger partial charge in [-0.25, -0.2) is 0 Å². The summed E-state index contributed by atoms with van der Waals surface area (Å²) in [5.74, 6) is 0.796. The molecule has 0 heterocycles. The van der Waals surface area contributed by atoms with Crippen molar-refractivity contribution in [2.24, 2.45) is 0 Å². The summed E-state index contributed by atoms with van der Waals surface area (Å²) in [5, 5.41) is 9.11. The lowest BCUT2D eigenvalue weighted by atomic mass is 10.2. The van der Waals surface area contributed by atoms with Crippen LogP contribution in [-0.4, -0.2) is 5.11 Å². The summed E-state index contributed by atoms with van der Waals surface area (Å²) < 4.78 is 6.77. The molecule has 0 aliphatic rings. The molecule has 0 bridgehead atoms. The smallest absolute Gasteiger partial charge is 0.121 e. The standard InChI is InChI=1S/C14H13IO2/c15-13-6-12(9-16)7-14(8-13)17-10-11-4-2-1-3-5-11/h1-8,16H,9-10H2. The van der Waals surface area contributed by atoms with Crippen LogP contribution in [0.1, 0.15) is 11.1 Å². The van der Waals surface area contributed by atoms with Gasteiger partial charge < -0.3 is 9.84 Å². The maximum absolute atomic E-state index is 9.11. The third kappa shape index (κ3) is 3.71. The molecule has 0 radical (unpaired) electrons. The summed E-state index contributed by atoms with van der Waals surface area (Å²) in [6, 6.07) is 15.8. The van der Waals surface area contributed by atoms with Crippen molar-refractivity contribution in [1.29, 1.82) is 0 Å². The maximum atomic E-state index is 9.11. The van der Waals surface area contributed by atoms with Gasteiger partial charge in [0.1, 0.15) is 12.4 Å². The van der Waals surface area contributed by atoms with Gasteiger partial charge >= 0.3 is 0 Å². The number of halogens is 1. The number of benzene rings is 2. The van der Waals surface area contributed by atoms with E-state index in [1.807, 2.05) is 48.5 Å². The van der Waals surface area contributed by atoms with Crippen LogP contribution in [0.4, 0.5) is 0 Å². The molecule has 88 valence electrons. The van der Waals surface area contributed by atoms with E-state index in [1.54, 1.807) is 0 Å². The van der Waals surface area contributed by atoms with E-state index in [2.05, 4.69) is 22.6 Å². The molecule has 0 saturated carbocycles. The molecule has 0 aliphatic heterocycles. The topological polar surface area (TPSA) is 29.5 Å². The van der Waals surface area contributed by atoms with Gasteiger partial charge in [0, 0.05) is 3.57 Å². The largest absolute Gasteiger partial charge is 0.489 e. The second-order valence-electron chi connectivity index (χ2n) is 3.73. The second-order valence-corrected chi connectivity index (χ2v) is 4.97. The van der Waals surface area contributed by atoms with Crippen molar-refractivity contribution < 1.29 is 9.84 Å². The van der Waals surface area contributed by atoms with Crippen molar-refractivity contribution in [1.82, 2.24) is 0 Å². The minimum absolute atomic E-state index is 0.0402. The molecule has 2 rings (SSSR count). The molecular weight excluding hydrogens is 327 g/mol.